The van der Waals surface area contributed by atoms with Gasteiger partial charge in [-0.2, -0.15) is 0 Å². The number of furan rings is 1. The highest BCUT2D eigenvalue weighted by atomic mass is 32.2. The Morgan fingerprint density at radius 2 is 2.40 bits per heavy atom. The lowest BCUT2D eigenvalue weighted by Crippen LogP contribution is -1.97. The maximum atomic E-state index is 13.2. The number of rotatable bonds is 3. The lowest BCUT2D eigenvalue weighted by atomic mass is 10.5. The van der Waals surface area contributed by atoms with E-state index in [4.69, 9.17) is 10.2 Å². The van der Waals surface area contributed by atoms with Gasteiger partial charge in [0.05, 0.1) is 18.2 Å². The van der Waals surface area contributed by atoms with Gasteiger partial charge in [-0.25, -0.2) is 14.4 Å². The quantitative estimate of drug-likeness (QED) is 0.640. The summed E-state index contributed by atoms with van der Waals surface area (Å²) >= 11 is 1.22. The van der Waals surface area contributed by atoms with Gasteiger partial charge in [0.2, 0.25) is 5.95 Å². The Kier molecular flexibility index (Phi) is 2.86. The van der Waals surface area contributed by atoms with Crippen LogP contribution >= 0.6 is 11.8 Å². The van der Waals surface area contributed by atoms with Crippen molar-refractivity contribution < 1.29 is 8.81 Å². The van der Waals surface area contributed by atoms with Crippen LogP contribution in [0, 0.1) is 5.82 Å². The zero-order valence-electron chi connectivity index (χ0n) is 7.68. The maximum absolute atomic E-state index is 13.2. The van der Waals surface area contributed by atoms with Gasteiger partial charge < -0.3 is 10.2 Å². The molecular weight excluding hydrogens is 217 g/mol. The van der Waals surface area contributed by atoms with Gasteiger partial charge in [0, 0.05) is 0 Å². The molecule has 0 atom stereocenters. The van der Waals surface area contributed by atoms with Gasteiger partial charge in [0.15, 0.2) is 5.82 Å². The number of hydrogen-bond acceptors (Lipinski definition) is 5. The smallest absolute Gasteiger partial charge is 0.221 e. The van der Waals surface area contributed by atoms with Crippen molar-refractivity contribution >= 4 is 17.7 Å². The highest BCUT2D eigenvalue weighted by Crippen LogP contribution is 2.23. The first-order chi connectivity index (χ1) is 7.25. The second-order valence-electron chi connectivity index (χ2n) is 2.75. The van der Waals surface area contributed by atoms with Crippen LogP contribution in [-0.2, 0) is 5.75 Å². The van der Waals surface area contributed by atoms with Crippen LogP contribution in [0.5, 0.6) is 0 Å². The molecule has 6 heteroatoms. The zero-order chi connectivity index (χ0) is 10.7. The van der Waals surface area contributed by atoms with Gasteiger partial charge in [0.1, 0.15) is 10.8 Å². The molecule has 4 nitrogen and oxygen atoms in total. The van der Waals surface area contributed by atoms with E-state index in [1.807, 2.05) is 6.07 Å². The van der Waals surface area contributed by atoms with Crippen LogP contribution in [0.2, 0.25) is 0 Å². The summed E-state index contributed by atoms with van der Waals surface area (Å²) in [5.41, 5.74) is 5.35. The van der Waals surface area contributed by atoms with E-state index in [1.54, 1.807) is 12.3 Å². The van der Waals surface area contributed by atoms with Crippen LogP contribution in [0.3, 0.4) is 0 Å². The Hall–Kier alpha value is -1.56. The van der Waals surface area contributed by atoms with Crippen molar-refractivity contribution in [2.24, 2.45) is 0 Å². The average molecular weight is 225 g/mol. The molecule has 15 heavy (non-hydrogen) atoms. The van der Waals surface area contributed by atoms with E-state index in [-0.39, 0.29) is 11.0 Å². The summed E-state index contributed by atoms with van der Waals surface area (Å²) in [6.45, 7) is 0. The third-order valence-electron chi connectivity index (χ3n) is 1.66. The van der Waals surface area contributed by atoms with Crippen LogP contribution in [0.15, 0.2) is 34.0 Å². The Labute approximate surface area is 89.7 Å². The van der Waals surface area contributed by atoms with Gasteiger partial charge in [-0.3, -0.25) is 0 Å². The normalized spacial score (nSPS) is 10.5. The minimum Gasteiger partial charge on any atom is -0.468 e. The molecule has 0 unspecified atom stereocenters. The second-order valence-corrected chi connectivity index (χ2v) is 3.71. The van der Waals surface area contributed by atoms with Gasteiger partial charge in [-0.15, -0.1) is 0 Å². The number of aromatic nitrogens is 2. The van der Waals surface area contributed by atoms with E-state index < -0.39 is 5.82 Å². The summed E-state index contributed by atoms with van der Waals surface area (Å²) in [7, 11) is 0. The highest BCUT2D eigenvalue weighted by Gasteiger charge is 2.07. The number of nitrogen functional groups attached to an aromatic ring is 1. The molecule has 0 aliphatic carbocycles. The fourth-order valence-electron chi connectivity index (χ4n) is 1.000. The molecule has 0 bridgehead atoms. The van der Waals surface area contributed by atoms with Crippen molar-refractivity contribution in [2.45, 2.75) is 10.8 Å². The van der Waals surface area contributed by atoms with Crippen LogP contribution in [0.1, 0.15) is 5.76 Å². The van der Waals surface area contributed by atoms with Crippen LogP contribution in [-0.4, -0.2) is 9.97 Å². The van der Waals surface area contributed by atoms with Gasteiger partial charge in [0.25, 0.3) is 0 Å². The Morgan fingerprint density at radius 3 is 3.13 bits per heavy atom. The first-order valence-corrected chi connectivity index (χ1v) is 5.17. The van der Waals surface area contributed by atoms with E-state index in [0.29, 0.717) is 5.75 Å². The molecule has 0 spiro atoms. The standard InChI is InChI=1S/C9H8FN3OS/c10-7-4-12-9(11)13-8(7)15-5-6-2-1-3-14-6/h1-4H,5H2,(H2,11,12,13). The van der Waals surface area contributed by atoms with Gasteiger partial charge in [-0.1, -0.05) is 11.8 Å². The second kappa shape index (κ2) is 4.31. The average Bonchev–Trinajstić information content (AvgIpc) is 2.72. The van der Waals surface area contributed by atoms with Crippen LogP contribution in [0.4, 0.5) is 10.3 Å². The van der Waals surface area contributed by atoms with E-state index >= 15 is 0 Å². The Balaban J connectivity index is 2.07. The molecule has 2 N–H and O–H groups in total. The van der Waals surface area contributed by atoms with E-state index in [2.05, 4.69) is 9.97 Å². The molecule has 0 aliphatic rings. The first-order valence-electron chi connectivity index (χ1n) is 4.19. The summed E-state index contributed by atoms with van der Waals surface area (Å²) in [6.07, 6.45) is 2.63. The summed E-state index contributed by atoms with van der Waals surface area (Å²) in [4.78, 5) is 7.32. The fraction of sp³-hybridized carbons (Fsp3) is 0.111. The van der Waals surface area contributed by atoms with Crippen LogP contribution in [0.25, 0.3) is 0 Å². The largest absolute Gasteiger partial charge is 0.468 e. The molecule has 2 rings (SSSR count). The lowest BCUT2D eigenvalue weighted by Gasteiger charge is -2.00. The molecule has 0 fully saturated rings. The van der Waals surface area contributed by atoms with E-state index in [0.717, 1.165) is 12.0 Å². The minimum absolute atomic E-state index is 0.0679. The van der Waals surface area contributed by atoms with Crippen molar-refractivity contribution in [3.63, 3.8) is 0 Å². The van der Waals surface area contributed by atoms with Crippen molar-refractivity contribution in [3.8, 4) is 0 Å². The molecule has 0 radical (unpaired) electrons. The molecule has 78 valence electrons. The number of anilines is 1. The van der Waals surface area contributed by atoms with Crippen molar-refractivity contribution in [1.29, 1.82) is 0 Å². The number of hydrogen-bond donors (Lipinski definition) is 1. The molecule has 0 aliphatic heterocycles. The summed E-state index contributed by atoms with van der Waals surface area (Å²) in [5.74, 6) is 0.871. The van der Waals surface area contributed by atoms with E-state index in [9.17, 15) is 4.39 Å². The molecule has 2 aromatic heterocycles. The number of halogens is 1. The van der Waals surface area contributed by atoms with Crippen molar-refractivity contribution in [3.05, 3.63) is 36.2 Å². The summed E-state index contributed by atoms with van der Waals surface area (Å²) in [5, 5.41) is 0.235. The number of thioether (sulfide) groups is 1. The monoisotopic (exact) mass is 225 g/mol. The molecule has 0 saturated heterocycles. The fourth-order valence-corrected chi connectivity index (χ4v) is 1.79. The molecular formula is C9H8FN3OS. The first kappa shape index (κ1) is 9.97. The van der Waals surface area contributed by atoms with Crippen LogP contribution < -0.4 is 5.73 Å². The Morgan fingerprint density at radius 1 is 1.53 bits per heavy atom. The SMILES string of the molecule is Nc1ncc(F)c(SCc2ccco2)n1. The molecule has 0 aromatic carbocycles. The number of nitrogens with zero attached hydrogens (tertiary/aromatic N) is 2. The predicted molar refractivity (Wildman–Crippen MR) is 54.7 cm³/mol. The van der Waals surface area contributed by atoms with Crippen molar-refractivity contribution in [2.75, 3.05) is 5.73 Å². The van der Waals surface area contributed by atoms with E-state index in [1.165, 1.54) is 11.8 Å². The van der Waals surface area contributed by atoms with Crippen molar-refractivity contribution in [1.82, 2.24) is 9.97 Å². The van der Waals surface area contributed by atoms with Gasteiger partial charge >= 0.3 is 0 Å². The molecule has 0 amide bonds. The highest BCUT2D eigenvalue weighted by molar-refractivity contribution is 7.98. The minimum atomic E-state index is -0.472. The molecule has 0 saturated carbocycles. The Bertz CT molecular complexity index is 447. The summed E-state index contributed by atoms with van der Waals surface area (Å²) < 4.78 is 18.3. The maximum Gasteiger partial charge on any atom is 0.221 e. The van der Waals surface area contributed by atoms with Gasteiger partial charge in [-0.05, 0) is 12.1 Å². The lowest BCUT2D eigenvalue weighted by molar-refractivity contribution is 0.529. The molecule has 2 aromatic rings. The summed E-state index contributed by atoms with van der Waals surface area (Å²) in [6, 6.07) is 3.59. The topological polar surface area (TPSA) is 64.9 Å². The molecule has 2 heterocycles. The third-order valence-corrected chi connectivity index (χ3v) is 2.65. The zero-order valence-corrected chi connectivity index (χ0v) is 8.50. The predicted octanol–water partition coefficient (Wildman–Crippen LogP) is 2.08. The third kappa shape index (κ3) is 2.47. The number of nitrogens with two attached hydrogens (primary N) is 1.